The van der Waals surface area contributed by atoms with Crippen LogP contribution in [0.15, 0.2) is 29.6 Å². The van der Waals surface area contributed by atoms with Crippen molar-refractivity contribution in [1.82, 2.24) is 30.2 Å². The van der Waals surface area contributed by atoms with Crippen LogP contribution in [0.25, 0.3) is 10.6 Å². The SMILES string of the molecule is Cc1sc(-c2ccnc(OCCN3CCNCC3)c2)nc1C(C)Sc1nc(N)cc(N)n1. The number of piperazine rings is 1. The van der Waals surface area contributed by atoms with Crippen LogP contribution in [0.1, 0.15) is 22.7 Å². The van der Waals surface area contributed by atoms with Crippen LogP contribution in [0, 0.1) is 6.92 Å². The van der Waals surface area contributed by atoms with Gasteiger partial charge >= 0.3 is 0 Å². The van der Waals surface area contributed by atoms with Gasteiger partial charge in [-0.15, -0.1) is 11.3 Å². The molecule has 32 heavy (non-hydrogen) atoms. The van der Waals surface area contributed by atoms with Gasteiger partial charge in [-0.1, -0.05) is 11.8 Å². The Labute approximate surface area is 196 Å². The minimum atomic E-state index is 0.0535. The van der Waals surface area contributed by atoms with Crippen molar-refractivity contribution in [3.05, 3.63) is 35.0 Å². The highest BCUT2D eigenvalue weighted by Crippen LogP contribution is 2.38. The molecule has 9 nitrogen and oxygen atoms in total. The van der Waals surface area contributed by atoms with Crippen molar-refractivity contribution in [2.75, 3.05) is 50.8 Å². The molecule has 3 aromatic heterocycles. The van der Waals surface area contributed by atoms with Gasteiger partial charge in [0.15, 0.2) is 5.16 Å². The summed E-state index contributed by atoms with van der Waals surface area (Å²) in [5.74, 6) is 1.35. The Kier molecular flexibility index (Phi) is 7.40. The molecule has 4 heterocycles. The van der Waals surface area contributed by atoms with Crippen LogP contribution in [0.4, 0.5) is 11.6 Å². The Morgan fingerprint density at radius 1 is 1.19 bits per heavy atom. The molecule has 0 saturated carbocycles. The van der Waals surface area contributed by atoms with Crippen molar-refractivity contribution in [3.8, 4) is 16.5 Å². The maximum absolute atomic E-state index is 5.92. The number of pyridine rings is 1. The fourth-order valence-corrected chi connectivity index (χ4v) is 5.53. The molecule has 5 N–H and O–H groups in total. The van der Waals surface area contributed by atoms with E-state index in [4.69, 9.17) is 21.2 Å². The number of nitrogens with one attached hydrogen (secondary N) is 1. The van der Waals surface area contributed by atoms with Gasteiger partial charge in [0.1, 0.15) is 23.3 Å². The zero-order valence-electron chi connectivity index (χ0n) is 18.2. The van der Waals surface area contributed by atoms with Gasteiger partial charge in [-0.05, 0) is 19.9 Å². The first kappa shape index (κ1) is 22.7. The maximum atomic E-state index is 5.92. The van der Waals surface area contributed by atoms with Crippen LogP contribution < -0.4 is 21.5 Å². The van der Waals surface area contributed by atoms with E-state index in [1.165, 1.54) is 11.8 Å². The Balaban J connectivity index is 1.41. The number of nitrogen functional groups attached to an aromatic ring is 2. The Hall–Kier alpha value is -2.47. The third-order valence-electron chi connectivity index (χ3n) is 5.09. The number of rotatable bonds is 8. The molecular formula is C21H28N8OS2. The first-order valence-corrected chi connectivity index (χ1v) is 12.2. The average molecular weight is 473 g/mol. The van der Waals surface area contributed by atoms with E-state index in [-0.39, 0.29) is 5.25 Å². The van der Waals surface area contributed by atoms with Gasteiger partial charge in [-0.25, -0.2) is 19.9 Å². The van der Waals surface area contributed by atoms with Gasteiger partial charge in [0.05, 0.1) is 10.9 Å². The van der Waals surface area contributed by atoms with E-state index < -0.39 is 0 Å². The molecule has 0 aromatic carbocycles. The van der Waals surface area contributed by atoms with Crippen molar-refractivity contribution in [2.45, 2.75) is 24.3 Å². The average Bonchev–Trinajstić information content (AvgIpc) is 3.16. The third kappa shape index (κ3) is 5.85. The number of aryl methyl sites for hydroxylation is 1. The third-order valence-corrected chi connectivity index (χ3v) is 7.10. The summed E-state index contributed by atoms with van der Waals surface area (Å²) in [5, 5.41) is 4.90. The number of hydrogen-bond acceptors (Lipinski definition) is 11. The molecule has 1 atom stereocenters. The quantitative estimate of drug-likeness (QED) is 0.332. The maximum Gasteiger partial charge on any atom is 0.213 e. The van der Waals surface area contributed by atoms with E-state index in [0.29, 0.717) is 29.3 Å². The molecule has 1 aliphatic heterocycles. The fourth-order valence-electron chi connectivity index (χ4n) is 3.47. The lowest BCUT2D eigenvalue weighted by Crippen LogP contribution is -2.44. The summed E-state index contributed by atoms with van der Waals surface area (Å²) in [6.07, 6.45) is 1.77. The molecule has 11 heteroatoms. The standard InChI is InChI=1S/C21H28N8OS2/c1-13-19(14(2)32-21-26-16(22)12-17(23)27-21)28-20(31-13)15-3-4-25-18(11-15)30-10-9-29-7-5-24-6-8-29/h3-4,11-12,14,24H,5-10H2,1-2H3,(H4,22,23,26,27). The topological polar surface area (TPSA) is 128 Å². The van der Waals surface area contributed by atoms with E-state index >= 15 is 0 Å². The van der Waals surface area contributed by atoms with Gasteiger partial charge in [0.25, 0.3) is 0 Å². The van der Waals surface area contributed by atoms with Gasteiger partial charge in [-0.3, -0.25) is 4.90 Å². The summed E-state index contributed by atoms with van der Waals surface area (Å²) in [6, 6.07) is 5.47. The Morgan fingerprint density at radius 2 is 1.94 bits per heavy atom. The van der Waals surface area contributed by atoms with Crippen molar-refractivity contribution in [1.29, 1.82) is 0 Å². The second-order valence-electron chi connectivity index (χ2n) is 7.54. The minimum absolute atomic E-state index is 0.0535. The molecular weight excluding hydrogens is 444 g/mol. The molecule has 3 aromatic rings. The molecule has 0 aliphatic carbocycles. The number of anilines is 2. The molecule has 170 valence electrons. The number of aromatic nitrogens is 4. The van der Waals surface area contributed by atoms with Gasteiger partial charge in [-0.2, -0.15) is 0 Å². The smallest absolute Gasteiger partial charge is 0.213 e. The normalized spacial score (nSPS) is 15.6. The van der Waals surface area contributed by atoms with Crippen molar-refractivity contribution < 1.29 is 4.74 Å². The van der Waals surface area contributed by atoms with Crippen molar-refractivity contribution in [3.63, 3.8) is 0 Å². The van der Waals surface area contributed by atoms with E-state index in [0.717, 1.165) is 53.9 Å². The second-order valence-corrected chi connectivity index (χ2v) is 10.1. The monoisotopic (exact) mass is 472 g/mol. The minimum Gasteiger partial charge on any atom is -0.476 e. The lowest BCUT2D eigenvalue weighted by Gasteiger charge is -2.26. The molecule has 1 saturated heterocycles. The van der Waals surface area contributed by atoms with E-state index in [1.54, 1.807) is 23.6 Å². The van der Waals surface area contributed by atoms with E-state index in [2.05, 4.69) is 39.0 Å². The summed E-state index contributed by atoms with van der Waals surface area (Å²) in [4.78, 5) is 21.3. The number of ether oxygens (including phenoxy) is 1. The molecule has 1 fully saturated rings. The number of hydrogen-bond donors (Lipinski definition) is 3. The highest BCUT2D eigenvalue weighted by atomic mass is 32.2. The lowest BCUT2D eigenvalue weighted by atomic mass is 10.2. The molecule has 1 unspecified atom stereocenters. The van der Waals surface area contributed by atoms with Gasteiger partial charge < -0.3 is 21.5 Å². The first-order valence-electron chi connectivity index (χ1n) is 10.5. The van der Waals surface area contributed by atoms with Crippen LogP contribution in [-0.4, -0.2) is 64.2 Å². The molecule has 0 bridgehead atoms. The molecule has 0 amide bonds. The van der Waals surface area contributed by atoms with Crippen molar-refractivity contribution in [2.24, 2.45) is 0 Å². The van der Waals surface area contributed by atoms with E-state index in [1.807, 2.05) is 12.1 Å². The summed E-state index contributed by atoms with van der Waals surface area (Å²) < 4.78 is 5.92. The first-order chi connectivity index (χ1) is 15.5. The lowest BCUT2D eigenvalue weighted by molar-refractivity contribution is 0.188. The van der Waals surface area contributed by atoms with Crippen molar-refractivity contribution >= 4 is 34.7 Å². The van der Waals surface area contributed by atoms with Gasteiger partial charge in [0, 0.05) is 61.5 Å². The fraction of sp³-hybridized carbons (Fsp3) is 0.429. The van der Waals surface area contributed by atoms with Crippen LogP contribution in [0.5, 0.6) is 5.88 Å². The molecule has 4 rings (SSSR count). The summed E-state index contributed by atoms with van der Waals surface area (Å²) >= 11 is 3.15. The van der Waals surface area contributed by atoms with Crippen LogP contribution in [0.3, 0.4) is 0 Å². The van der Waals surface area contributed by atoms with Crippen LogP contribution >= 0.6 is 23.1 Å². The summed E-state index contributed by atoms with van der Waals surface area (Å²) in [7, 11) is 0. The van der Waals surface area contributed by atoms with Crippen LogP contribution in [-0.2, 0) is 0 Å². The number of nitrogens with two attached hydrogens (primary N) is 2. The molecule has 1 aliphatic rings. The highest BCUT2D eigenvalue weighted by Gasteiger charge is 2.19. The predicted molar refractivity (Wildman–Crippen MR) is 130 cm³/mol. The summed E-state index contributed by atoms with van der Waals surface area (Å²) in [6.45, 7) is 9.86. The zero-order chi connectivity index (χ0) is 22.5. The highest BCUT2D eigenvalue weighted by molar-refractivity contribution is 7.99. The Morgan fingerprint density at radius 3 is 2.69 bits per heavy atom. The number of thioether (sulfide) groups is 1. The zero-order valence-corrected chi connectivity index (χ0v) is 19.9. The largest absolute Gasteiger partial charge is 0.476 e. The number of nitrogens with zero attached hydrogens (tertiary/aromatic N) is 5. The number of thiazole rings is 1. The van der Waals surface area contributed by atoms with Crippen LogP contribution in [0.2, 0.25) is 0 Å². The molecule has 0 spiro atoms. The molecule has 0 radical (unpaired) electrons. The second kappa shape index (κ2) is 10.4. The summed E-state index contributed by atoms with van der Waals surface area (Å²) in [5.41, 5.74) is 13.6. The Bertz CT molecular complexity index is 1030. The predicted octanol–water partition coefficient (Wildman–Crippen LogP) is 2.61. The van der Waals surface area contributed by atoms with E-state index in [9.17, 15) is 0 Å². The van der Waals surface area contributed by atoms with Gasteiger partial charge in [0.2, 0.25) is 5.88 Å².